The monoisotopic (exact) mass is 305 g/mol. The Morgan fingerprint density at radius 3 is 1.91 bits per heavy atom. The first-order valence-corrected chi connectivity index (χ1v) is 7.40. The van der Waals surface area contributed by atoms with Gasteiger partial charge in [-0.3, -0.25) is 4.99 Å². The molecule has 0 amide bonds. The van der Waals surface area contributed by atoms with E-state index in [-0.39, 0.29) is 17.9 Å². The van der Waals surface area contributed by atoms with Crippen molar-refractivity contribution in [2.24, 2.45) is 4.99 Å². The van der Waals surface area contributed by atoms with Crippen LogP contribution < -0.4 is 0 Å². The number of benzene rings is 1. The molecule has 1 aromatic carbocycles. The van der Waals surface area contributed by atoms with Gasteiger partial charge < -0.3 is 9.47 Å². The number of nitrogens with zero attached hydrogens (tertiary/aromatic N) is 1. The molecule has 22 heavy (non-hydrogen) atoms. The van der Waals surface area contributed by atoms with Gasteiger partial charge in [0.05, 0.1) is 12.2 Å². The maximum absolute atomic E-state index is 12.0. The molecule has 0 atom stereocenters. The molecule has 0 radical (unpaired) electrons. The summed E-state index contributed by atoms with van der Waals surface area (Å²) in [5.41, 5.74) is 0.804. The minimum Gasteiger partial charge on any atom is -0.458 e. The normalized spacial score (nSPS) is 10.5. The first kappa shape index (κ1) is 17.9. The molecule has 0 fully saturated rings. The third kappa shape index (κ3) is 6.52. The molecule has 0 saturated carbocycles. The maximum Gasteiger partial charge on any atom is 0.364 e. The summed E-state index contributed by atoms with van der Waals surface area (Å²) < 4.78 is 10.1. The van der Waals surface area contributed by atoms with Gasteiger partial charge in [-0.05, 0) is 39.7 Å². The van der Waals surface area contributed by atoms with E-state index >= 15 is 0 Å². The van der Waals surface area contributed by atoms with Gasteiger partial charge in [0, 0.05) is 6.54 Å². The lowest BCUT2D eigenvalue weighted by molar-refractivity contribution is -0.144. The van der Waals surface area contributed by atoms with Crippen molar-refractivity contribution in [3.05, 3.63) is 35.9 Å². The zero-order valence-electron chi connectivity index (χ0n) is 13.5. The summed E-state index contributed by atoms with van der Waals surface area (Å²) in [6, 6.07) is 9.72. The van der Waals surface area contributed by atoms with Crippen LogP contribution in [0.3, 0.4) is 0 Å². The number of aliphatic imine (C=N–C) groups is 1. The fourth-order valence-corrected chi connectivity index (χ4v) is 1.69. The Morgan fingerprint density at radius 2 is 1.45 bits per heavy atom. The van der Waals surface area contributed by atoms with Crippen LogP contribution in [0.5, 0.6) is 0 Å². The molecule has 0 aliphatic rings. The molecule has 0 saturated heterocycles. The van der Waals surface area contributed by atoms with Crippen LogP contribution >= 0.6 is 0 Å². The standard InChI is InChI=1S/C17H23NO4/c1-12(2)21-16(19)15(17(20)22-13(3)4)18-11-10-14-8-6-5-7-9-14/h5-9,12-13H,10-11H2,1-4H3. The van der Waals surface area contributed by atoms with Crippen molar-refractivity contribution in [3.8, 4) is 0 Å². The lowest BCUT2D eigenvalue weighted by Crippen LogP contribution is -2.32. The Morgan fingerprint density at radius 1 is 0.955 bits per heavy atom. The molecule has 0 spiro atoms. The number of hydrogen-bond donors (Lipinski definition) is 0. The van der Waals surface area contributed by atoms with Gasteiger partial charge in [0.25, 0.3) is 0 Å². The Bertz CT molecular complexity index is 497. The fraction of sp³-hybridized carbons (Fsp3) is 0.471. The molecule has 5 heteroatoms. The smallest absolute Gasteiger partial charge is 0.364 e. The largest absolute Gasteiger partial charge is 0.458 e. The van der Waals surface area contributed by atoms with E-state index in [9.17, 15) is 9.59 Å². The number of rotatable bonds is 7. The lowest BCUT2D eigenvalue weighted by Gasteiger charge is -2.11. The van der Waals surface area contributed by atoms with Gasteiger partial charge in [-0.1, -0.05) is 30.3 Å². The van der Waals surface area contributed by atoms with Crippen LogP contribution in [-0.2, 0) is 25.5 Å². The number of hydrogen-bond acceptors (Lipinski definition) is 5. The van der Waals surface area contributed by atoms with Gasteiger partial charge in [-0.15, -0.1) is 0 Å². The molecule has 0 aromatic heterocycles. The van der Waals surface area contributed by atoms with E-state index in [0.29, 0.717) is 13.0 Å². The van der Waals surface area contributed by atoms with Crippen molar-refractivity contribution in [1.29, 1.82) is 0 Å². The third-order valence-corrected chi connectivity index (χ3v) is 2.59. The Hall–Kier alpha value is -2.17. The summed E-state index contributed by atoms with van der Waals surface area (Å²) in [6.07, 6.45) is -0.00815. The van der Waals surface area contributed by atoms with Crippen LogP contribution in [0, 0.1) is 0 Å². The van der Waals surface area contributed by atoms with Crippen molar-refractivity contribution in [3.63, 3.8) is 0 Å². The highest BCUT2D eigenvalue weighted by atomic mass is 16.6. The highest BCUT2D eigenvalue weighted by molar-refractivity contribution is 6.62. The second-order valence-corrected chi connectivity index (χ2v) is 5.37. The highest BCUT2D eigenvalue weighted by Crippen LogP contribution is 2.02. The molecular formula is C17H23NO4. The summed E-state index contributed by atoms with van der Waals surface area (Å²) in [5.74, 6) is -1.48. The van der Waals surface area contributed by atoms with Crippen LogP contribution in [-0.4, -0.2) is 36.4 Å². The summed E-state index contributed by atoms with van der Waals surface area (Å²) in [4.78, 5) is 28.0. The zero-order valence-corrected chi connectivity index (χ0v) is 13.5. The van der Waals surface area contributed by atoms with Gasteiger partial charge in [0.2, 0.25) is 5.71 Å². The molecule has 5 nitrogen and oxygen atoms in total. The van der Waals surface area contributed by atoms with Crippen molar-refractivity contribution < 1.29 is 19.1 Å². The molecule has 120 valence electrons. The number of ether oxygens (including phenoxy) is 2. The van der Waals surface area contributed by atoms with Gasteiger partial charge >= 0.3 is 11.9 Å². The molecule has 0 bridgehead atoms. The van der Waals surface area contributed by atoms with E-state index in [1.165, 1.54) is 0 Å². The Kier molecular flexibility index (Phi) is 7.29. The molecular weight excluding hydrogens is 282 g/mol. The second-order valence-electron chi connectivity index (χ2n) is 5.37. The van der Waals surface area contributed by atoms with E-state index in [2.05, 4.69) is 4.99 Å². The fourth-order valence-electron chi connectivity index (χ4n) is 1.69. The summed E-state index contributed by atoms with van der Waals surface area (Å²) in [5, 5.41) is 0. The zero-order chi connectivity index (χ0) is 16.5. The topological polar surface area (TPSA) is 65.0 Å². The van der Waals surface area contributed by atoms with Gasteiger partial charge in [-0.25, -0.2) is 9.59 Å². The van der Waals surface area contributed by atoms with Gasteiger partial charge in [-0.2, -0.15) is 0 Å². The SMILES string of the molecule is CC(C)OC(=O)C(=NCCc1ccccc1)C(=O)OC(C)C. The van der Waals surface area contributed by atoms with Gasteiger partial charge in [0.1, 0.15) is 0 Å². The van der Waals surface area contributed by atoms with Crippen LogP contribution in [0.4, 0.5) is 0 Å². The van der Waals surface area contributed by atoms with Gasteiger partial charge in [0.15, 0.2) is 0 Å². The van der Waals surface area contributed by atoms with E-state index in [0.717, 1.165) is 5.56 Å². The van der Waals surface area contributed by atoms with E-state index in [1.54, 1.807) is 27.7 Å². The lowest BCUT2D eigenvalue weighted by atomic mass is 10.1. The average molecular weight is 305 g/mol. The Labute approximate surface area is 131 Å². The van der Waals surface area contributed by atoms with E-state index in [1.807, 2.05) is 30.3 Å². The minimum absolute atomic E-state index is 0.279. The van der Waals surface area contributed by atoms with E-state index in [4.69, 9.17) is 9.47 Å². The molecule has 0 heterocycles. The number of carbonyl (C=O) groups excluding carboxylic acids is 2. The predicted octanol–water partition coefficient (Wildman–Crippen LogP) is 2.57. The highest BCUT2D eigenvalue weighted by Gasteiger charge is 2.25. The van der Waals surface area contributed by atoms with Crippen LogP contribution in [0.1, 0.15) is 33.3 Å². The van der Waals surface area contributed by atoms with Crippen molar-refractivity contribution in [2.75, 3.05) is 6.54 Å². The molecule has 0 unspecified atom stereocenters. The summed E-state index contributed by atoms with van der Waals surface area (Å²) >= 11 is 0. The first-order valence-electron chi connectivity index (χ1n) is 7.40. The molecule has 0 aliphatic heterocycles. The van der Waals surface area contributed by atoms with Crippen molar-refractivity contribution in [1.82, 2.24) is 0 Å². The van der Waals surface area contributed by atoms with Crippen molar-refractivity contribution >= 4 is 17.7 Å². The number of esters is 2. The third-order valence-electron chi connectivity index (χ3n) is 2.59. The first-order chi connectivity index (χ1) is 10.4. The van der Waals surface area contributed by atoms with Crippen LogP contribution in [0.2, 0.25) is 0 Å². The average Bonchev–Trinajstić information content (AvgIpc) is 2.42. The Balaban J connectivity index is 2.77. The predicted molar refractivity (Wildman–Crippen MR) is 84.9 cm³/mol. The quantitative estimate of drug-likeness (QED) is 0.441. The second kappa shape index (κ2) is 8.97. The minimum atomic E-state index is -0.742. The van der Waals surface area contributed by atoms with E-state index < -0.39 is 11.9 Å². The molecule has 1 rings (SSSR count). The maximum atomic E-state index is 12.0. The molecule has 1 aromatic rings. The van der Waals surface area contributed by atoms with Crippen molar-refractivity contribution in [2.45, 2.75) is 46.3 Å². The molecule has 0 aliphatic carbocycles. The summed E-state index contributed by atoms with van der Waals surface area (Å²) in [7, 11) is 0. The summed E-state index contributed by atoms with van der Waals surface area (Å²) in [6.45, 7) is 7.18. The van der Waals surface area contributed by atoms with Crippen LogP contribution in [0.15, 0.2) is 35.3 Å². The van der Waals surface area contributed by atoms with Crippen LogP contribution in [0.25, 0.3) is 0 Å². The number of carbonyl (C=O) groups is 2. The molecule has 0 N–H and O–H groups in total.